The number of amides is 2. The van der Waals surface area contributed by atoms with E-state index in [0.29, 0.717) is 49.2 Å². The van der Waals surface area contributed by atoms with Crippen molar-refractivity contribution in [3.63, 3.8) is 0 Å². The first-order valence-corrected chi connectivity index (χ1v) is 11.0. The highest BCUT2D eigenvalue weighted by atomic mass is 35.5. The van der Waals surface area contributed by atoms with Gasteiger partial charge in [-0.15, -0.1) is 0 Å². The fraction of sp³-hybridized carbons (Fsp3) is 0.348. The third-order valence-corrected chi connectivity index (χ3v) is 5.13. The first-order chi connectivity index (χ1) is 16.0. The number of aromatic nitrogens is 2. The Bertz CT molecular complexity index is 1010. The van der Waals surface area contributed by atoms with E-state index in [9.17, 15) is 9.59 Å². The molecule has 0 spiro atoms. The summed E-state index contributed by atoms with van der Waals surface area (Å²) in [6, 6.07) is 6.76. The summed E-state index contributed by atoms with van der Waals surface area (Å²) >= 11 is 6.08. The van der Waals surface area contributed by atoms with Gasteiger partial charge in [-0.2, -0.15) is 4.98 Å². The highest BCUT2D eigenvalue weighted by Crippen LogP contribution is 2.24. The largest absolute Gasteiger partial charge is 0.474 e. The molecule has 2 amide bonds. The standard InChI is InChI=1S/C23H26ClN5O4/c1-3-20(30)27-18-7-5-17(6-8-18)22(31)29-10-9-16(15-29)13-25-23-26-14-19(24)21(28-23)33-12-11-32-4-2/h3,5-8,13-14,16H,1,4,9-12,15H2,2H3,(H,27,30)/b25-13+. The van der Waals surface area contributed by atoms with Gasteiger partial charge in [-0.1, -0.05) is 18.2 Å². The summed E-state index contributed by atoms with van der Waals surface area (Å²) < 4.78 is 10.8. The number of likely N-dealkylation sites (tertiary alicyclic amines) is 1. The van der Waals surface area contributed by atoms with E-state index in [-0.39, 0.29) is 29.6 Å². The number of rotatable bonds is 10. The SMILES string of the molecule is C=CC(=O)Nc1ccc(C(=O)N2CCC(/C=N/c3ncc(Cl)c(OCCOCC)n3)C2)cc1. The number of nitrogens with one attached hydrogen (secondary N) is 1. The van der Waals surface area contributed by atoms with Crippen LogP contribution >= 0.6 is 11.6 Å². The molecule has 0 aliphatic carbocycles. The molecular weight excluding hydrogens is 446 g/mol. The molecule has 2 heterocycles. The van der Waals surface area contributed by atoms with Gasteiger partial charge in [0.2, 0.25) is 11.8 Å². The topological polar surface area (TPSA) is 106 Å². The molecule has 1 atom stereocenters. The van der Waals surface area contributed by atoms with Crippen LogP contribution in [0.1, 0.15) is 23.7 Å². The fourth-order valence-electron chi connectivity index (χ4n) is 3.19. The molecule has 1 aromatic heterocycles. The Kier molecular flexibility index (Phi) is 8.91. The van der Waals surface area contributed by atoms with Crippen molar-refractivity contribution in [1.82, 2.24) is 14.9 Å². The second-order valence-electron chi connectivity index (χ2n) is 7.22. The number of hydrogen-bond acceptors (Lipinski definition) is 7. The molecular formula is C23H26ClN5O4. The second-order valence-corrected chi connectivity index (χ2v) is 7.62. The zero-order chi connectivity index (χ0) is 23.6. The molecule has 33 heavy (non-hydrogen) atoms. The van der Waals surface area contributed by atoms with Gasteiger partial charge < -0.3 is 19.7 Å². The number of carbonyl (C=O) groups excluding carboxylic acids is 2. The van der Waals surface area contributed by atoms with E-state index in [1.54, 1.807) is 35.4 Å². The molecule has 1 saturated heterocycles. The van der Waals surface area contributed by atoms with Gasteiger partial charge in [0.15, 0.2) is 0 Å². The van der Waals surface area contributed by atoms with Crippen molar-refractivity contribution in [3.05, 3.63) is 53.7 Å². The minimum atomic E-state index is -0.301. The van der Waals surface area contributed by atoms with E-state index >= 15 is 0 Å². The van der Waals surface area contributed by atoms with E-state index in [1.165, 1.54) is 12.3 Å². The third-order valence-electron chi connectivity index (χ3n) is 4.87. The lowest BCUT2D eigenvalue weighted by atomic mass is 10.1. The van der Waals surface area contributed by atoms with Crippen molar-refractivity contribution in [1.29, 1.82) is 0 Å². The fourth-order valence-corrected chi connectivity index (χ4v) is 3.33. The molecule has 1 unspecified atom stereocenters. The number of nitrogens with zero attached hydrogens (tertiary/aromatic N) is 4. The predicted octanol–water partition coefficient (Wildman–Crippen LogP) is 3.53. The van der Waals surface area contributed by atoms with E-state index in [1.807, 2.05) is 6.92 Å². The smallest absolute Gasteiger partial charge is 0.253 e. The summed E-state index contributed by atoms with van der Waals surface area (Å²) in [5, 5.41) is 2.96. The van der Waals surface area contributed by atoms with Crippen molar-refractivity contribution >= 4 is 41.3 Å². The maximum absolute atomic E-state index is 12.8. The number of carbonyl (C=O) groups is 2. The van der Waals surface area contributed by atoms with Gasteiger partial charge in [0, 0.05) is 43.1 Å². The second kappa shape index (κ2) is 12.1. The van der Waals surface area contributed by atoms with Gasteiger partial charge in [0.25, 0.3) is 11.9 Å². The minimum Gasteiger partial charge on any atom is -0.474 e. The van der Waals surface area contributed by atoms with Crippen LogP contribution in [-0.2, 0) is 9.53 Å². The molecule has 9 nitrogen and oxygen atoms in total. The first-order valence-electron chi connectivity index (χ1n) is 10.6. The zero-order valence-corrected chi connectivity index (χ0v) is 19.1. The predicted molar refractivity (Wildman–Crippen MR) is 126 cm³/mol. The molecule has 1 fully saturated rings. The van der Waals surface area contributed by atoms with Crippen LogP contribution in [0.15, 0.2) is 48.1 Å². The van der Waals surface area contributed by atoms with E-state index < -0.39 is 0 Å². The van der Waals surface area contributed by atoms with Crippen LogP contribution in [0.2, 0.25) is 5.02 Å². The summed E-state index contributed by atoms with van der Waals surface area (Å²) in [5.74, 6) is 0.216. The van der Waals surface area contributed by atoms with E-state index in [0.717, 1.165) is 6.42 Å². The molecule has 1 aliphatic heterocycles. The van der Waals surface area contributed by atoms with Crippen LogP contribution in [0.5, 0.6) is 5.88 Å². The Balaban J connectivity index is 1.55. The van der Waals surface area contributed by atoms with E-state index in [2.05, 4.69) is 26.9 Å². The number of benzene rings is 1. The number of halogens is 1. The van der Waals surface area contributed by atoms with Gasteiger partial charge in [-0.05, 0) is 43.7 Å². The quantitative estimate of drug-likeness (QED) is 0.323. The molecule has 1 aliphatic rings. The van der Waals surface area contributed by atoms with Crippen LogP contribution in [0.4, 0.5) is 11.6 Å². The van der Waals surface area contributed by atoms with Crippen LogP contribution in [0.25, 0.3) is 0 Å². The molecule has 174 valence electrons. The van der Waals surface area contributed by atoms with Crippen molar-refractivity contribution < 1.29 is 19.1 Å². The average Bonchev–Trinajstić information content (AvgIpc) is 3.31. The summed E-state index contributed by atoms with van der Waals surface area (Å²) in [4.78, 5) is 38.6. The third kappa shape index (κ3) is 7.10. The highest BCUT2D eigenvalue weighted by Gasteiger charge is 2.26. The minimum absolute atomic E-state index is 0.0692. The number of hydrogen-bond donors (Lipinski definition) is 1. The molecule has 1 aromatic carbocycles. The maximum atomic E-state index is 12.8. The first kappa shape index (κ1) is 24.3. The monoisotopic (exact) mass is 471 g/mol. The van der Waals surface area contributed by atoms with Gasteiger partial charge in [0.1, 0.15) is 11.6 Å². The molecule has 2 aromatic rings. The highest BCUT2D eigenvalue weighted by molar-refractivity contribution is 6.31. The van der Waals surface area contributed by atoms with Gasteiger partial charge in [-0.3, -0.25) is 9.59 Å². The Morgan fingerprint density at radius 2 is 2.12 bits per heavy atom. The summed E-state index contributed by atoms with van der Waals surface area (Å²) in [6.45, 7) is 7.86. The van der Waals surface area contributed by atoms with Crippen LogP contribution in [-0.4, -0.2) is 65.8 Å². The molecule has 0 radical (unpaired) electrons. The Hall–Kier alpha value is -3.30. The van der Waals surface area contributed by atoms with Gasteiger partial charge >= 0.3 is 0 Å². The van der Waals surface area contributed by atoms with Crippen molar-refractivity contribution in [2.24, 2.45) is 10.9 Å². The molecule has 0 saturated carbocycles. The van der Waals surface area contributed by atoms with Crippen LogP contribution < -0.4 is 10.1 Å². The van der Waals surface area contributed by atoms with Gasteiger partial charge in [-0.25, -0.2) is 9.98 Å². The number of anilines is 1. The Morgan fingerprint density at radius 1 is 1.33 bits per heavy atom. The Labute approximate surface area is 197 Å². The summed E-state index contributed by atoms with van der Waals surface area (Å²) in [7, 11) is 0. The van der Waals surface area contributed by atoms with Crippen LogP contribution in [0, 0.1) is 5.92 Å². The van der Waals surface area contributed by atoms with Crippen LogP contribution in [0.3, 0.4) is 0 Å². The van der Waals surface area contributed by atoms with E-state index in [4.69, 9.17) is 21.1 Å². The zero-order valence-electron chi connectivity index (χ0n) is 18.4. The normalized spacial score (nSPS) is 15.6. The van der Waals surface area contributed by atoms with Gasteiger partial charge in [0.05, 0.1) is 12.8 Å². The van der Waals surface area contributed by atoms with Crippen molar-refractivity contribution in [2.75, 3.05) is 38.2 Å². The Morgan fingerprint density at radius 3 is 2.85 bits per heavy atom. The lowest BCUT2D eigenvalue weighted by molar-refractivity contribution is -0.111. The number of ether oxygens (including phenoxy) is 2. The molecule has 0 bridgehead atoms. The summed E-state index contributed by atoms with van der Waals surface area (Å²) in [6.07, 6.45) is 5.18. The average molecular weight is 472 g/mol. The lowest BCUT2D eigenvalue weighted by Gasteiger charge is -2.16. The molecule has 1 N–H and O–H groups in total. The lowest BCUT2D eigenvalue weighted by Crippen LogP contribution is -2.28. The van der Waals surface area contributed by atoms with Crippen molar-refractivity contribution in [3.8, 4) is 5.88 Å². The molecule has 10 heteroatoms. The van der Waals surface area contributed by atoms with Crippen molar-refractivity contribution in [2.45, 2.75) is 13.3 Å². The maximum Gasteiger partial charge on any atom is 0.253 e. The summed E-state index contributed by atoms with van der Waals surface area (Å²) in [5.41, 5.74) is 1.16. The number of aliphatic imine (C=N–C) groups is 1. The molecule has 3 rings (SSSR count).